The largest absolute Gasteiger partial charge is 0.327 e. The van der Waals surface area contributed by atoms with E-state index in [4.69, 9.17) is 5.73 Å². The molecule has 1 rings (SSSR count). The minimum absolute atomic E-state index is 0.444. The maximum absolute atomic E-state index is 5.95. The number of hydrogen-bond acceptors (Lipinski definition) is 2. The molecule has 60 valence electrons. The molecule has 0 spiro atoms. The molecular formula is C8H18N2. The molecule has 0 aromatic carbocycles. The van der Waals surface area contributed by atoms with Gasteiger partial charge >= 0.3 is 0 Å². The van der Waals surface area contributed by atoms with Gasteiger partial charge in [0.15, 0.2) is 0 Å². The van der Waals surface area contributed by atoms with Gasteiger partial charge in [0, 0.05) is 6.04 Å². The molecular weight excluding hydrogens is 124 g/mol. The zero-order valence-corrected chi connectivity index (χ0v) is 6.77. The summed E-state index contributed by atoms with van der Waals surface area (Å²) in [6.45, 7) is 4.51. The first-order valence-corrected chi connectivity index (χ1v) is 4.31. The summed E-state index contributed by atoms with van der Waals surface area (Å²) >= 11 is 0. The van der Waals surface area contributed by atoms with Crippen molar-refractivity contribution >= 4 is 0 Å². The first-order chi connectivity index (χ1) is 4.84. The summed E-state index contributed by atoms with van der Waals surface area (Å²) in [5.74, 6) is 0.750. The Bertz CT molecular complexity index is 87.3. The SMILES string of the molecule is CCCC(N)C1CCNC1. The zero-order valence-electron chi connectivity index (χ0n) is 6.77. The minimum atomic E-state index is 0.444. The number of hydrogen-bond donors (Lipinski definition) is 2. The van der Waals surface area contributed by atoms with Crippen LogP contribution in [0.4, 0.5) is 0 Å². The van der Waals surface area contributed by atoms with Gasteiger partial charge in [0.1, 0.15) is 0 Å². The molecule has 0 bridgehead atoms. The van der Waals surface area contributed by atoms with E-state index in [1.165, 1.54) is 25.8 Å². The molecule has 0 saturated carbocycles. The Hall–Kier alpha value is -0.0800. The van der Waals surface area contributed by atoms with Crippen LogP contribution in [0.2, 0.25) is 0 Å². The molecule has 0 radical (unpaired) electrons. The lowest BCUT2D eigenvalue weighted by Gasteiger charge is -2.16. The predicted octanol–water partition coefficient (Wildman–Crippen LogP) is 0.723. The van der Waals surface area contributed by atoms with Gasteiger partial charge in [-0.25, -0.2) is 0 Å². The lowest BCUT2D eigenvalue weighted by atomic mass is 9.96. The van der Waals surface area contributed by atoms with Crippen LogP contribution in [0.15, 0.2) is 0 Å². The van der Waals surface area contributed by atoms with Crippen molar-refractivity contribution in [1.82, 2.24) is 5.32 Å². The van der Waals surface area contributed by atoms with Crippen LogP contribution in [-0.2, 0) is 0 Å². The molecule has 1 aliphatic heterocycles. The molecule has 2 nitrogen and oxygen atoms in total. The van der Waals surface area contributed by atoms with Crippen LogP contribution >= 0.6 is 0 Å². The molecule has 3 N–H and O–H groups in total. The zero-order chi connectivity index (χ0) is 7.40. The summed E-state index contributed by atoms with van der Waals surface area (Å²) in [7, 11) is 0. The Morgan fingerprint density at radius 2 is 2.50 bits per heavy atom. The molecule has 1 heterocycles. The van der Waals surface area contributed by atoms with E-state index in [9.17, 15) is 0 Å². The van der Waals surface area contributed by atoms with E-state index in [0.29, 0.717) is 6.04 Å². The monoisotopic (exact) mass is 142 g/mol. The van der Waals surface area contributed by atoms with E-state index < -0.39 is 0 Å². The second kappa shape index (κ2) is 3.94. The Balaban J connectivity index is 2.18. The maximum Gasteiger partial charge on any atom is 0.00796 e. The van der Waals surface area contributed by atoms with Gasteiger partial charge < -0.3 is 11.1 Å². The van der Waals surface area contributed by atoms with Crippen LogP contribution in [0.1, 0.15) is 26.2 Å². The second-order valence-electron chi connectivity index (χ2n) is 3.21. The van der Waals surface area contributed by atoms with Gasteiger partial charge in [-0.2, -0.15) is 0 Å². The van der Waals surface area contributed by atoms with Gasteiger partial charge in [-0.15, -0.1) is 0 Å². The van der Waals surface area contributed by atoms with E-state index in [1.54, 1.807) is 0 Å². The molecule has 0 aliphatic carbocycles. The fraction of sp³-hybridized carbons (Fsp3) is 1.00. The van der Waals surface area contributed by atoms with E-state index in [0.717, 1.165) is 12.5 Å². The standard InChI is InChI=1S/C8H18N2/c1-2-3-8(9)7-4-5-10-6-7/h7-8,10H,2-6,9H2,1H3. The van der Waals surface area contributed by atoms with Gasteiger partial charge in [0.2, 0.25) is 0 Å². The molecule has 10 heavy (non-hydrogen) atoms. The first kappa shape index (κ1) is 8.02. The van der Waals surface area contributed by atoms with Crippen molar-refractivity contribution in [2.75, 3.05) is 13.1 Å². The smallest absolute Gasteiger partial charge is 0.00796 e. The average molecular weight is 142 g/mol. The third kappa shape index (κ3) is 1.96. The van der Waals surface area contributed by atoms with Gasteiger partial charge in [-0.1, -0.05) is 13.3 Å². The molecule has 1 fully saturated rings. The highest BCUT2D eigenvalue weighted by Crippen LogP contribution is 2.14. The summed E-state index contributed by atoms with van der Waals surface area (Å²) in [5, 5.41) is 3.33. The van der Waals surface area contributed by atoms with Gasteiger partial charge in [-0.3, -0.25) is 0 Å². The van der Waals surface area contributed by atoms with Crippen molar-refractivity contribution in [3.05, 3.63) is 0 Å². The van der Waals surface area contributed by atoms with Crippen molar-refractivity contribution < 1.29 is 0 Å². The van der Waals surface area contributed by atoms with Crippen molar-refractivity contribution in [2.45, 2.75) is 32.2 Å². The lowest BCUT2D eigenvalue weighted by Crippen LogP contribution is -2.31. The Morgan fingerprint density at radius 1 is 1.70 bits per heavy atom. The molecule has 2 heteroatoms. The second-order valence-corrected chi connectivity index (χ2v) is 3.21. The third-order valence-electron chi connectivity index (χ3n) is 2.33. The van der Waals surface area contributed by atoms with Gasteiger partial charge in [0.25, 0.3) is 0 Å². The van der Waals surface area contributed by atoms with E-state index in [-0.39, 0.29) is 0 Å². The maximum atomic E-state index is 5.95. The molecule has 0 aromatic rings. The topological polar surface area (TPSA) is 38.0 Å². The quantitative estimate of drug-likeness (QED) is 0.609. The summed E-state index contributed by atoms with van der Waals surface area (Å²) < 4.78 is 0. The summed E-state index contributed by atoms with van der Waals surface area (Å²) in [6.07, 6.45) is 3.69. The summed E-state index contributed by atoms with van der Waals surface area (Å²) in [6, 6.07) is 0.444. The van der Waals surface area contributed by atoms with Crippen LogP contribution in [0.3, 0.4) is 0 Å². The molecule has 0 amide bonds. The lowest BCUT2D eigenvalue weighted by molar-refractivity contribution is 0.427. The minimum Gasteiger partial charge on any atom is -0.327 e. The van der Waals surface area contributed by atoms with Crippen LogP contribution in [0, 0.1) is 5.92 Å². The van der Waals surface area contributed by atoms with Crippen LogP contribution in [-0.4, -0.2) is 19.1 Å². The van der Waals surface area contributed by atoms with Crippen molar-refractivity contribution in [3.8, 4) is 0 Å². The van der Waals surface area contributed by atoms with Gasteiger partial charge in [-0.05, 0) is 31.8 Å². The van der Waals surface area contributed by atoms with Gasteiger partial charge in [0.05, 0.1) is 0 Å². The van der Waals surface area contributed by atoms with Crippen LogP contribution < -0.4 is 11.1 Å². The number of rotatable bonds is 3. The highest BCUT2D eigenvalue weighted by atomic mass is 14.9. The summed E-state index contributed by atoms with van der Waals surface area (Å²) in [4.78, 5) is 0. The van der Waals surface area contributed by atoms with E-state index in [2.05, 4.69) is 12.2 Å². The molecule has 1 saturated heterocycles. The van der Waals surface area contributed by atoms with Crippen molar-refractivity contribution in [1.29, 1.82) is 0 Å². The Morgan fingerprint density at radius 3 is 3.00 bits per heavy atom. The highest BCUT2D eigenvalue weighted by molar-refractivity contribution is 4.79. The average Bonchev–Trinajstić information content (AvgIpc) is 2.38. The van der Waals surface area contributed by atoms with Crippen molar-refractivity contribution in [2.24, 2.45) is 11.7 Å². The van der Waals surface area contributed by atoms with Crippen LogP contribution in [0.5, 0.6) is 0 Å². The van der Waals surface area contributed by atoms with E-state index >= 15 is 0 Å². The molecule has 2 unspecified atom stereocenters. The number of nitrogens with one attached hydrogen (secondary N) is 1. The van der Waals surface area contributed by atoms with Crippen LogP contribution in [0.25, 0.3) is 0 Å². The van der Waals surface area contributed by atoms with Crippen molar-refractivity contribution in [3.63, 3.8) is 0 Å². The fourth-order valence-corrected chi connectivity index (χ4v) is 1.61. The molecule has 0 aromatic heterocycles. The third-order valence-corrected chi connectivity index (χ3v) is 2.33. The normalized spacial score (nSPS) is 28.8. The molecule has 2 atom stereocenters. The molecule has 1 aliphatic rings. The Kier molecular flexibility index (Phi) is 3.16. The summed E-state index contributed by atoms with van der Waals surface area (Å²) in [5.41, 5.74) is 5.95. The fourth-order valence-electron chi connectivity index (χ4n) is 1.61. The predicted molar refractivity (Wildman–Crippen MR) is 43.9 cm³/mol. The first-order valence-electron chi connectivity index (χ1n) is 4.31. The highest BCUT2D eigenvalue weighted by Gasteiger charge is 2.20. The van der Waals surface area contributed by atoms with E-state index in [1.807, 2.05) is 0 Å². The Labute approximate surface area is 63.2 Å². The number of nitrogens with two attached hydrogens (primary N) is 1.